The van der Waals surface area contributed by atoms with Gasteiger partial charge in [0.2, 0.25) is 0 Å². The molecule has 0 heterocycles. The number of carbonyl (C=O) groups is 1. The lowest BCUT2D eigenvalue weighted by atomic mass is 9.98. The molecular formula is C17H25NO3. The fraction of sp³-hybridized carbons (Fsp3) is 0.471. The van der Waals surface area contributed by atoms with Gasteiger partial charge in [-0.2, -0.15) is 0 Å². The third-order valence-corrected chi connectivity index (χ3v) is 2.89. The number of amides is 1. The van der Waals surface area contributed by atoms with Crippen LogP contribution in [0.3, 0.4) is 0 Å². The molecule has 1 amide bonds. The molecule has 0 fully saturated rings. The van der Waals surface area contributed by atoms with Crippen LogP contribution in [0.1, 0.15) is 33.3 Å². The van der Waals surface area contributed by atoms with Crippen molar-refractivity contribution in [1.82, 2.24) is 5.32 Å². The average Bonchev–Trinajstić information content (AvgIpc) is 2.36. The van der Waals surface area contributed by atoms with Gasteiger partial charge in [0.05, 0.1) is 12.1 Å². The summed E-state index contributed by atoms with van der Waals surface area (Å²) >= 11 is 0. The van der Waals surface area contributed by atoms with Crippen molar-refractivity contribution in [3.05, 3.63) is 48.0 Å². The molecule has 0 radical (unpaired) electrons. The highest BCUT2D eigenvalue weighted by Gasteiger charge is 2.25. The molecule has 0 aliphatic heterocycles. The predicted molar refractivity (Wildman–Crippen MR) is 84.1 cm³/mol. The Morgan fingerprint density at radius 1 is 1.33 bits per heavy atom. The van der Waals surface area contributed by atoms with E-state index in [1.54, 1.807) is 27.7 Å². The van der Waals surface area contributed by atoms with E-state index in [0.29, 0.717) is 12.0 Å². The van der Waals surface area contributed by atoms with Gasteiger partial charge >= 0.3 is 6.09 Å². The van der Waals surface area contributed by atoms with E-state index < -0.39 is 23.8 Å². The van der Waals surface area contributed by atoms with Crippen LogP contribution in [-0.4, -0.2) is 28.9 Å². The van der Waals surface area contributed by atoms with E-state index in [9.17, 15) is 9.90 Å². The van der Waals surface area contributed by atoms with Gasteiger partial charge in [-0.3, -0.25) is 0 Å². The van der Waals surface area contributed by atoms with Crippen LogP contribution in [0.4, 0.5) is 4.79 Å². The Morgan fingerprint density at radius 3 is 2.38 bits per heavy atom. The maximum absolute atomic E-state index is 11.9. The zero-order chi connectivity index (χ0) is 16.0. The lowest BCUT2D eigenvalue weighted by Gasteiger charge is -2.27. The normalized spacial score (nSPS) is 14.1. The molecular weight excluding hydrogens is 266 g/mol. The summed E-state index contributed by atoms with van der Waals surface area (Å²) in [7, 11) is 0. The quantitative estimate of drug-likeness (QED) is 0.820. The van der Waals surface area contributed by atoms with Crippen molar-refractivity contribution in [1.29, 1.82) is 0 Å². The fourth-order valence-electron chi connectivity index (χ4n) is 1.91. The van der Waals surface area contributed by atoms with Crippen molar-refractivity contribution in [3.8, 4) is 0 Å². The Hall–Kier alpha value is -1.81. The van der Waals surface area contributed by atoms with Gasteiger partial charge in [0.15, 0.2) is 0 Å². The number of rotatable bonds is 5. The first-order valence-electron chi connectivity index (χ1n) is 7.06. The van der Waals surface area contributed by atoms with E-state index in [1.165, 1.54) is 0 Å². The molecule has 4 heteroatoms. The summed E-state index contributed by atoms with van der Waals surface area (Å²) in [5, 5.41) is 13.0. The van der Waals surface area contributed by atoms with Crippen LogP contribution in [0, 0.1) is 0 Å². The first kappa shape index (κ1) is 17.2. The summed E-state index contributed by atoms with van der Waals surface area (Å²) in [5.41, 5.74) is 1.06. The SMILES string of the molecule is C=C(C)[C@@H](O)[C@@H](Cc1ccccc1)NC(=O)OC(C)(C)C. The zero-order valence-electron chi connectivity index (χ0n) is 13.2. The van der Waals surface area contributed by atoms with E-state index in [1.807, 2.05) is 30.3 Å². The van der Waals surface area contributed by atoms with E-state index in [0.717, 1.165) is 5.56 Å². The molecule has 0 unspecified atom stereocenters. The Labute approximate surface area is 126 Å². The number of aliphatic hydroxyl groups excluding tert-OH is 1. The minimum absolute atomic E-state index is 0.472. The van der Waals surface area contributed by atoms with Crippen LogP contribution in [0.15, 0.2) is 42.5 Å². The van der Waals surface area contributed by atoms with E-state index >= 15 is 0 Å². The van der Waals surface area contributed by atoms with Crippen LogP contribution in [0.25, 0.3) is 0 Å². The lowest BCUT2D eigenvalue weighted by molar-refractivity contribution is 0.0449. The van der Waals surface area contributed by atoms with Crippen molar-refractivity contribution >= 4 is 6.09 Å². The van der Waals surface area contributed by atoms with Gasteiger partial charge in [-0.05, 0) is 39.7 Å². The molecule has 0 saturated carbocycles. The second kappa shape index (κ2) is 7.27. The highest BCUT2D eigenvalue weighted by Crippen LogP contribution is 2.13. The van der Waals surface area contributed by atoms with E-state index in [-0.39, 0.29) is 0 Å². The van der Waals surface area contributed by atoms with Crippen molar-refractivity contribution in [2.45, 2.75) is 51.9 Å². The maximum Gasteiger partial charge on any atom is 0.407 e. The molecule has 0 saturated heterocycles. The molecule has 1 rings (SSSR count). The summed E-state index contributed by atoms with van der Waals surface area (Å²) in [6, 6.07) is 9.21. The number of aliphatic hydroxyl groups is 1. The molecule has 1 aromatic carbocycles. The molecule has 0 aromatic heterocycles. The second-order valence-corrected chi connectivity index (χ2v) is 6.23. The molecule has 2 N–H and O–H groups in total. The fourth-order valence-corrected chi connectivity index (χ4v) is 1.91. The average molecular weight is 291 g/mol. The van der Waals surface area contributed by atoms with Gasteiger partial charge < -0.3 is 15.2 Å². The van der Waals surface area contributed by atoms with E-state index in [4.69, 9.17) is 4.74 Å². The van der Waals surface area contributed by atoms with Crippen molar-refractivity contribution in [3.63, 3.8) is 0 Å². The van der Waals surface area contributed by atoms with Crippen molar-refractivity contribution in [2.75, 3.05) is 0 Å². The molecule has 21 heavy (non-hydrogen) atoms. The van der Waals surface area contributed by atoms with E-state index in [2.05, 4.69) is 11.9 Å². The maximum atomic E-state index is 11.9. The Balaban J connectivity index is 2.78. The number of hydrogen-bond acceptors (Lipinski definition) is 3. The monoisotopic (exact) mass is 291 g/mol. The summed E-state index contributed by atoms with van der Waals surface area (Å²) < 4.78 is 5.24. The third-order valence-electron chi connectivity index (χ3n) is 2.89. The largest absolute Gasteiger partial charge is 0.444 e. The highest BCUT2D eigenvalue weighted by atomic mass is 16.6. The van der Waals surface area contributed by atoms with Crippen LogP contribution in [0.2, 0.25) is 0 Å². The molecule has 2 atom stereocenters. The Bertz CT molecular complexity index is 477. The minimum Gasteiger partial charge on any atom is -0.444 e. The number of benzene rings is 1. The lowest BCUT2D eigenvalue weighted by Crippen LogP contribution is -2.47. The minimum atomic E-state index is -0.822. The van der Waals surface area contributed by atoms with Gasteiger partial charge in [-0.1, -0.05) is 42.5 Å². The van der Waals surface area contributed by atoms with Gasteiger partial charge in [0.1, 0.15) is 5.60 Å². The summed E-state index contributed by atoms with van der Waals surface area (Å²) in [4.78, 5) is 11.9. The van der Waals surface area contributed by atoms with Crippen LogP contribution >= 0.6 is 0 Å². The number of carbonyl (C=O) groups excluding carboxylic acids is 1. The zero-order valence-corrected chi connectivity index (χ0v) is 13.2. The number of ether oxygens (including phenoxy) is 1. The summed E-state index contributed by atoms with van der Waals surface area (Å²) in [5.74, 6) is 0. The van der Waals surface area contributed by atoms with Crippen LogP contribution < -0.4 is 5.32 Å². The molecule has 0 bridgehead atoms. The first-order chi connectivity index (χ1) is 9.69. The first-order valence-corrected chi connectivity index (χ1v) is 7.06. The number of hydrogen-bond donors (Lipinski definition) is 2. The standard InChI is InChI=1S/C17H25NO3/c1-12(2)15(19)14(11-13-9-7-6-8-10-13)18-16(20)21-17(3,4)5/h6-10,14-15,19H,1,11H2,2-5H3,(H,18,20)/t14-,15-/m1/s1. The molecule has 0 aliphatic carbocycles. The molecule has 0 spiro atoms. The Kier molecular flexibility index (Phi) is 5.97. The molecule has 0 aliphatic rings. The summed E-state index contributed by atoms with van der Waals surface area (Å²) in [6.45, 7) is 10.9. The molecule has 116 valence electrons. The smallest absolute Gasteiger partial charge is 0.407 e. The topological polar surface area (TPSA) is 58.6 Å². The predicted octanol–water partition coefficient (Wildman–Crippen LogP) is 3.06. The summed E-state index contributed by atoms with van der Waals surface area (Å²) in [6.07, 6.45) is -0.852. The molecule has 1 aromatic rings. The number of alkyl carbamates (subject to hydrolysis) is 1. The third kappa shape index (κ3) is 6.45. The van der Waals surface area contributed by atoms with Crippen molar-refractivity contribution in [2.24, 2.45) is 0 Å². The van der Waals surface area contributed by atoms with Gasteiger partial charge in [0, 0.05) is 0 Å². The van der Waals surface area contributed by atoms with Crippen LogP contribution in [0.5, 0.6) is 0 Å². The second-order valence-electron chi connectivity index (χ2n) is 6.23. The van der Waals surface area contributed by atoms with Gasteiger partial charge in [-0.25, -0.2) is 4.79 Å². The number of nitrogens with one attached hydrogen (secondary N) is 1. The Morgan fingerprint density at radius 2 is 1.90 bits per heavy atom. The van der Waals surface area contributed by atoms with Crippen molar-refractivity contribution < 1.29 is 14.6 Å². The molecule has 4 nitrogen and oxygen atoms in total. The van der Waals surface area contributed by atoms with Gasteiger partial charge in [0.25, 0.3) is 0 Å². The van der Waals surface area contributed by atoms with Gasteiger partial charge in [-0.15, -0.1) is 0 Å². The highest BCUT2D eigenvalue weighted by molar-refractivity contribution is 5.68. The van der Waals surface area contributed by atoms with Crippen LogP contribution in [-0.2, 0) is 11.2 Å².